The third-order valence-electron chi connectivity index (χ3n) is 2.55. The van der Waals surface area contributed by atoms with E-state index in [1.165, 1.54) is 0 Å². The number of hydrogen-bond donors (Lipinski definition) is 0. The maximum Gasteiger partial charge on any atom is 0.292 e. The first kappa shape index (κ1) is 10.7. The van der Waals surface area contributed by atoms with Crippen molar-refractivity contribution in [1.29, 1.82) is 5.26 Å². The van der Waals surface area contributed by atoms with Crippen LogP contribution in [-0.2, 0) is 0 Å². The molecule has 0 aliphatic heterocycles. The molecule has 0 bridgehead atoms. The Bertz CT molecular complexity index is 429. The summed E-state index contributed by atoms with van der Waals surface area (Å²) in [7, 11) is 0. The van der Waals surface area contributed by atoms with Gasteiger partial charge in [0, 0.05) is 18.7 Å². The molecule has 1 aliphatic rings. The molecular formula is C11H13N3O2. The smallest absolute Gasteiger partial charge is 0.292 e. The maximum atomic E-state index is 12.0. The van der Waals surface area contributed by atoms with E-state index in [-0.39, 0.29) is 17.7 Å². The van der Waals surface area contributed by atoms with E-state index in [0.29, 0.717) is 18.7 Å². The summed E-state index contributed by atoms with van der Waals surface area (Å²) in [5, 5.41) is 12.2. The molecule has 1 saturated carbocycles. The fraction of sp³-hybridized carbons (Fsp3) is 0.545. The van der Waals surface area contributed by atoms with Crippen LogP contribution in [0.25, 0.3) is 0 Å². The molecule has 0 radical (unpaired) electrons. The fourth-order valence-electron chi connectivity index (χ4n) is 1.61. The summed E-state index contributed by atoms with van der Waals surface area (Å²) >= 11 is 0. The summed E-state index contributed by atoms with van der Waals surface area (Å²) in [4.78, 5) is 13.7. The van der Waals surface area contributed by atoms with E-state index in [1.54, 1.807) is 17.9 Å². The zero-order valence-electron chi connectivity index (χ0n) is 9.14. The highest BCUT2D eigenvalue weighted by molar-refractivity contribution is 5.91. The molecule has 84 valence electrons. The minimum absolute atomic E-state index is 0.154. The highest BCUT2D eigenvalue weighted by atomic mass is 16.5. The number of aryl methyl sites for hydroxylation is 1. The van der Waals surface area contributed by atoms with Crippen LogP contribution in [0.15, 0.2) is 10.6 Å². The molecule has 1 aliphatic carbocycles. The van der Waals surface area contributed by atoms with Crippen LogP contribution in [0.2, 0.25) is 0 Å². The van der Waals surface area contributed by atoms with Crippen molar-refractivity contribution < 1.29 is 9.32 Å². The second kappa shape index (κ2) is 4.35. The molecule has 16 heavy (non-hydrogen) atoms. The molecular weight excluding hydrogens is 206 g/mol. The Morgan fingerprint density at radius 3 is 3.00 bits per heavy atom. The van der Waals surface area contributed by atoms with Gasteiger partial charge in [0.05, 0.1) is 18.2 Å². The first-order valence-electron chi connectivity index (χ1n) is 5.33. The summed E-state index contributed by atoms with van der Waals surface area (Å²) in [6.07, 6.45) is 2.39. The molecule has 0 atom stereocenters. The molecule has 1 amide bonds. The molecule has 2 rings (SSSR count). The molecule has 0 aromatic carbocycles. The van der Waals surface area contributed by atoms with Crippen molar-refractivity contribution in [1.82, 2.24) is 10.1 Å². The first-order chi connectivity index (χ1) is 7.72. The Hall–Kier alpha value is -1.83. The number of amides is 1. The van der Waals surface area contributed by atoms with E-state index in [4.69, 9.17) is 9.78 Å². The molecule has 0 N–H and O–H groups in total. The Kier molecular flexibility index (Phi) is 2.91. The van der Waals surface area contributed by atoms with E-state index in [2.05, 4.69) is 11.2 Å². The number of carbonyl (C=O) groups excluding carboxylic acids is 1. The van der Waals surface area contributed by atoms with Gasteiger partial charge >= 0.3 is 0 Å². The number of nitriles is 1. The van der Waals surface area contributed by atoms with Crippen molar-refractivity contribution in [2.24, 2.45) is 0 Å². The molecule has 5 heteroatoms. The fourth-order valence-corrected chi connectivity index (χ4v) is 1.61. The average molecular weight is 219 g/mol. The second-order valence-electron chi connectivity index (χ2n) is 3.97. The lowest BCUT2D eigenvalue weighted by Gasteiger charge is -2.19. The summed E-state index contributed by atoms with van der Waals surface area (Å²) in [6, 6.07) is 3.96. The number of rotatable bonds is 4. The van der Waals surface area contributed by atoms with E-state index in [0.717, 1.165) is 12.8 Å². The van der Waals surface area contributed by atoms with Gasteiger partial charge < -0.3 is 9.42 Å². The van der Waals surface area contributed by atoms with Crippen molar-refractivity contribution in [3.8, 4) is 6.07 Å². The van der Waals surface area contributed by atoms with Gasteiger partial charge in [-0.05, 0) is 19.8 Å². The predicted molar refractivity (Wildman–Crippen MR) is 55.5 cm³/mol. The molecule has 0 unspecified atom stereocenters. The lowest BCUT2D eigenvalue weighted by Crippen LogP contribution is -2.33. The Labute approximate surface area is 93.6 Å². The Morgan fingerprint density at radius 1 is 1.75 bits per heavy atom. The molecule has 1 fully saturated rings. The van der Waals surface area contributed by atoms with Crippen LogP contribution in [-0.4, -0.2) is 28.6 Å². The number of nitrogens with zero attached hydrogens (tertiary/aromatic N) is 3. The van der Waals surface area contributed by atoms with Crippen LogP contribution in [0.1, 0.15) is 35.5 Å². The van der Waals surface area contributed by atoms with Gasteiger partial charge in [-0.2, -0.15) is 5.26 Å². The van der Waals surface area contributed by atoms with Gasteiger partial charge in [0.15, 0.2) is 0 Å². The zero-order chi connectivity index (χ0) is 11.5. The van der Waals surface area contributed by atoms with Gasteiger partial charge in [-0.1, -0.05) is 5.16 Å². The monoisotopic (exact) mass is 219 g/mol. The topological polar surface area (TPSA) is 70.1 Å². The SMILES string of the molecule is Cc1cc(C(=O)N(CCC#N)C2CC2)on1. The third kappa shape index (κ3) is 2.22. The minimum Gasteiger partial charge on any atom is -0.351 e. The van der Waals surface area contributed by atoms with E-state index >= 15 is 0 Å². The molecule has 1 aromatic heterocycles. The van der Waals surface area contributed by atoms with Crippen LogP contribution >= 0.6 is 0 Å². The van der Waals surface area contributed by atoms with Crippen molar-refractivity contribution in [3.05, 3.63) is 17.5 Å². The molecule has 0 saturated heterocycles. The van der Waals surface area contributed by atoms with Gasteiger partial charge in [-0.3, -0.25) is 4.79 Å². The third-order valence-corrected chi connectivity index (χ3v) is 2.55. The number of carbonyl (C=O) groups is 1. The van der Waals surface area contributed by atoms with Crippen LogP contribution in [0.5, 0.6) is 0 Å². The van der Waals surface area contributed by atoms with E-state index < -0.39 is 0 Å². The van der Waals surface area contributed by atoms with Crippen molar-refractivity contribution >= 4 is 5.91 Å². The summed E-state index contributed by atoms with van der Waals surface area (Å²) in [6.45, 7) is 2.25. The van der Waals surface area contributed by atoms with Crippen LogP contribution in [0.3, 0.4) is 0 Å². The van der Waals surface area contributed by atoms with Crippen LogP contribution in [0, 0.1) is 18.3 Å². The van der Waals surface area contributed by atoms with Gasteiger partial charge in [0.1, 0.15) is 0 Å². The standard InChI is InChI=1S/C11H13N3O2/c1-8-7-10(16-13-8)11(15)14(6-2-5-12)9-3-4-9/h7,9H,2-4,6H2,1H3. The molecule has 0 spiro atoms. The first-order valence-corrected chi connectivity index (χ1v) is 5.33. The molecule has 1 heterocycles. The van der Waals surface area contributed by atoms with Crippen LogP contribution in [0.4, 0.5) is 0 Å². The predicted octanol–water partition coefficient (Wildman–Crippen LogP) is 1.50. The largest absolute Gasteiger partial charge is 0.351 e. The zero-order valence-corrected chi connectivity index (χ0v) is 9.14. The van der Waals surface area contributed by atoms with Gasteiger partial charge in [0.25, 0.3) is 5.91 Å². The summed E-state index contributed by atoms with van der Waals surface area (Å²) in [5.74, 6) is 0.112. The summed E-state index contributed by atoms with van der Waals surface area (Å²) < 4.78 is 4.94. The Morgan fingerprint density at radius 2 is 2.50 bits per heavy atom. The highest BCUT2D eigenvalue weighted by Gasteiger charge is 2.34. The van der Waals surface area contributed by atoms with E-state index in [1.807, 2.05) is 0 Å². The van der Waals surface area contributed by atoms with Crippen molar-refractivity contribution in [2.45, 2.75) is 32.2 Å². The van der Waals surface area contributed by atoms with Gasteiger partial charge in [0.2, 0.25) is 5.76 Å². The molecule has 1 aromatic rings. The summed E-state index contributed by atoms with van der Waals surface area (Å²) in [5.41, 5.74) is 0.694. The Balaban J connectivity index is 2.08. The lowest BCUT2D eigenvalue weighted by atomic mass is 10.3. The second-order valence-corrected chi connectivity index (χ2v) is 3.97. The van der Waals surface area contributed by atoms with Gasteiger partial charge in [-0.15, -0.1) is 0 Å². The average Bonchev–Trinajstić information content (AvgIpc) is 3.01. The van der Waals surface area contributed by atoms with Crippen molar-refractivity contribution in [3.63, 3.8) is 0 Å². The quantitative estimate of drug-likeness (QED) is 0.769. The normalized spacial score (nSPS) is 14.5. The minimum atomic E-state index is -0.154. The number of aromatic nitrogens is 1. The van der Waals surface area contributed by atoms with E-state index in [9.17, 15) is 4.79 Å². The van der Waals surface area contributed by atoms with Crippen molar-refractivity contribution in [2.75, 3.05) is 6.54 Å². The molecule has 5 nitrogen and oxygen atoms in total. The maximum absolute atomic E-state index is 12.0. The highest BCUT2D eigenvalue weighted by Crippen LogP contribution is 2.28. The lowest BCUT2D eigenvalue weighted by molar-refractivity contribution is 0.0704. The van der Waals surface area contributed by atoms with Crippen LogP contribution < -0.4 is 0 Å². The van der Waals surface area contributed by atoms with Gasteiger partial charge in [-0.25, -0.2) is 0 Å². The number of hydrogen-bond acceptors (Lipinski definition) is 4.